The number of hydrogen-bond donors (Lipinski definition) is 3. The first-order valence-electron chi connectivity index (χ1n) is 12.0. The zero-order valence-corrected chi connectivity index (χ0v) is 19.3. The Bertz CT molecular complexity index is 1350. The number of rotatable bonds is 5. The lowest BCUT2D eigenvalue weighted by Crippen LogP contribution is -2.36. The minimum Gasteiger partial charge on any atom is -0.423 e. The lowest BCUT2D eigenvalue weighted by Gasteiger charge is -2.32. The van der Waals surface area contributed by atoms with Crippen molar-refractivity contribution >= 4 is 29.3 Å². The first-order valence-corrected chi connectivity index (χ1v) is 12.0. The molecule has 4 aromatic rings. The molecule has 0 amide bonds. The van der Waals surface area contributed by atoms with E-state index >= 15 is 0 Å². The molecular formula is C26H28BN5O2. The summed E-state index contributed by atoms with van der Waals surface area (Å²) in [5, 5.41) is 24.1. The van der Waals surface area contributed by atoms with Crippen LogP contribution in [-0.2, 0) is 19.5 Å². The standard InChI is InChI=1S/C26H28BN5O2/c1-17-13-20-22(27(33)34)10-5-11-24(20)32(17)26-29-23-14-19-9-6-12-31(19)16-21(23)25(30-26)28-15-18-7-3-2-4-8-18/h2-5,7-8,10-11,13,19,33-34H,6,9,12,14-16H2,1H3,(H,28,29,30). The average Bonchev–Trinajstić information content (AvgIpc) is 3.44. The Labute approximate surface area is 199 Å². The van der Waals surface area contributed by atoms with Crippen LogP contribution in [0.25, 0.3) is 16.9 Å². The number of anilines is 1. The molecule has 0 spiro atoms. The summed E-state index contributed by atoms with van der Waals surface area (Å²) in [6.07, 6.45) is 3.39. The molecule has 1 fully saturated rings. The summed E-state index contributed by atoms with van der Waals surface area (Å²) in [6.45, 7) is 4.72. The number of aromatic nitrogens is 3. The highest BCUT2D eigenvalue weighted by atomic mass is 16.4. The Morgan fingerprint density at radius 2 is 1.94 bits per heavy atom. The van der Waals surface area contributed by atoms with Crippen molar-refractivity contribution in [1.82, 2.24) is 19.4 Å². The summed E-state index contributed by atoms with van der Waals surface area (Å²) in [5.41, 5.74) is 5.82. The van der Waals surface area contributed by atoms with E-state index in [1.54, 1.807) is 6.07 Å². The van der Waals surface area contributed by atoms with Gasteiger partial charge in [-0.3, -0.25) is 9.47 Å². The molecule has 6 rings (SSSR count). The minimum atomic E-state index is -1.53. The Hall–Kier alpha value is -3.20. The quantitative estimate of drug-likeness (QED) is 0.403. The second kappa shape index (κ2) is 8.54. The highest BCUT2D eigenvalue weighted by Gasteiger charge is 2.33. The van der Waals surface area contributed by atoms with E-state index in [1.807, 2.05) is 35.8 Å². The Kier molecular flexibility index (Phi) is 5.36. The number of fused-ring (bicyclic) bond motifs is 3. The van der Waals surface area contributed by atoms with E-state index in [0.29, 0.717) is 24.0 Å². The topological polar surface area (TPSA) is 86.4 Å². The van der Waals surface area contributed by atoms with E-state index in [1.165, 1.54) is 24.0 Å². The van der Waals surface area contributed by atoms with Crippen molar-refractivity contribution in [3.8, 4) is 5.95 Å². The van der Waals surface area contributed by atoms with E-state index in [9.17, 15) is 10.0 Å². The lowest BCUT2D eigenvalue weighted by atomic mass is 9.78. The molecule has 0 radical (unpaired) electrons. The molecule has 3 N–H and O–H groups in total. The van der Waals surface area contributed by atoms with E-state index < -0.39 is 7.12 Å². The van der Waals surface area contributed by atoms with Crippen LogP contribution >= 0.6 is 0 Å². The number of aryl methyl sites for hydroxylation is 1. The SMILES string of the molecule is Cc1cc2c(B(O)O)cccc2n1-c1nc2c(c(NCc3ccccc3)n1)CN1CCCC1C2. The summed E-state index contributed by atoms with van der Waals surface area (Å²) in [7, 11) is -1.53. The van der Waals surface area contributed by atoms with Gasteiger partial charge >= 0.3 is 7.12 Å². The number of hydrogen-bond acceptors (Lipinski definition) is 6. The van der Waals surface area contributed by atoms with Gasteiger partial charge in [-0.15, -0.1) is 0 Å². The van der Waals surface area contributed by atoms with E-state index in [2.05, 4.69) is 34.5 Å². The van der Waals surface area contributed by atoms with Crippen LogP contribution < -0.4 is 10.8 Å². The molecule has 0 aliphatic carbocycles. The number of benzene rings is 2. The summed E-state index contributed by atoms with van der Waals surface area (Å²) < 4.78 is 2.02. The molecule has 2 aliphatic rings. The Balaban J connectivity index is 1.47. The van der Waals surface area contributed by atoms with Gasteiger partial charge in [-0.05, 0) is 49.5 Å². The highest BCUT2D eigenvalue weighted by molar-refractivity contribution is 6.61. The van der Waals surface area contributed by atoms with Crippen LogP contribution in [-0.4, -0.2) is 49.2 Å². The van der Waals surface area contributed by atoms with Crippen molar-refractivity contribution < 1.29 is 10.0 Å². The molecule has 2 aromatic carbocycles. The molecule has 2 aliphatic heterocycles. The van der Waals surface area contributed by atoms with Crippen LogP contribution in [0, 0.1) is 6.92 Å². The molecule has 0 saturated carbocycles. The highest BCUT2D eigenvalue weighted by Crippen LogP contribution is 2.34. The molecule has 1 unspecified atom stereocenters. The number of nitrogens with one attached hydrogen (secondary N) is 1. The van der Waals surface area contributed by atoms with Crippen molar-refractivity contribution in [2.24, 2.45) is 0 Å². The predicted molar refractivity (Wildman–Crippen MR) is 134 cm³/mol. The summed E-state index contributed by atoms with van der Waals surface area (Å²) >= 11 is 0. The molecule has 7 nitrogen and oxygen atoms in total. The zero-order chi connectivity index (χ0) is 23.2. The molecule has 172 valence electrons. The third kappa shape index (κ3) is 3.68. The molecule has 1 atom stereocenters. The van der Waals surface area contributed by atoms with Gasteiger partial charge in [0.15, 0.2) is 0 Å². The van der Waals surface area contributed by atoms with Gasteiger partial charge in [-0.2, -0.15) is 4.98 Å². The van der Waals surface area contributed by atoms with Crippen LogP contribution in [0.3, 0.4) is 0 Å². The van der Waals surface area contributed by atoms with E-state index in [-0.39, 0.29) is 0 Å². The smallest absolute Gasteiger partial charge is 0.423 e. The fourth-order valence-electron chi connectivity index (χ4n) is 5.52. The molecule has 1 saturated heterocycles. The summed E-state index contributed by atoms with van der Waals surface area (Å²) in [5.74, 6) is 1.51. The van der Waals surface area contributed by atoms with Gasteiger partial charge in [0.1, 0.15) is 5.82 Å². The predicted octanol–water partition coefficient (Wildman–Crippen LogP) is 2.54. The second-order valence-corrected chi connectivity index (χ2v) is 9.38. The van der Waals surface area contributed by atoms with Crippen molar-refractivity contribution in [2.75, 3.05) is 11.9 Å². The summed E-state index contributed by atoms with van der Waals surface area (Å²) in [6, 6.07) is 18.4. The minimum absolute atomic E-state index is 0.487. The van der Waals surface area contributed by atoms with Crippen LogP contribution in [0.4, 0.5) is 5.82 Å². The molecule has 34 heavy (non-hydrogen) atoms. The normalized spacial score (nSPS) is 17.6. The molecule has 4 heterocycles. The molecule has 2 aromatic heterocycles. The largest absolute Gasteiger partial charge is 0.489 e. The van der Waals surface area contributed by atoms with Gasteiger partial charge in [0.05, 0.1) is 11.2 Å². The van der Waals surface area contributed by atoms with E-state index in [0.717, 1.165) is 47.6 Å². The lowest BCUT2D eigenvalue weighted by molar-refractivity contribution is 0.225. The summed E-state index contributed by atoms with van der Waals surface area (Å²) in [4.78, 5) is 12.7. The first-order chi connectivity index (χ1) is 16.6. The first kappa shape index (κ1) is 21.3. The molecule has 8 heteroatoms. The maximum Gasteiger partial charge on any atom is 0.489 e. The van der Waals surface area contributed by atoms with Crippen LogP contribution in [0.5, 0.6) is 0 Å². The van der Waals surface area contributed by atoms with Crippen molar-refractivity contribution in [3.63, 3.8) is 0 Å². The number of nitrogens with zero attached hydrogens (tertiary/aromatic N) is 4. The van der Waals surface area contributed by atoms with Crippen LogP contribution in [0.1, 0.15) is 35.4 Å². The van der Waals surface area contributed by atoms with Crippen LogP contribution in [0.15, 0.2) is 54.6 Å². The van der Waals surface area contributed by atoms with Gasteiger partial charge in [-0.1, -0.05) is 42.5 Å². The van der Waals surface area contributed by atoms with Gasteiger partial charge in [0.25, 0.3) is 0 Å². The van der Waals surface area contributed by atoms with Gasteiger partial charge < -0.3 is 15.4 Å². The fourth-order valence-corrected chi connectivity index (χ4v) is 5.52. The average molecular weight is 453 g/mol. The maximum atomic E-state index is 9.86. The van der Waals surface area contributed by atoms with Crippen molar-refractivity contribution in [1.29, 1.82) is 0 Å². The third-order valence-corrected chi connectivity index (χ3v) is 7.21. The molecular weight excluding hydrogens is 425 g/mol. The van der Waals surface area contributed by atoms with Crippen molar-refractivity contribution in [2.45, 2.75) is 45.3 Å². The van der Waals surface area contributed by atoms with Gasteiger partial charge in [0, 0.05) is 42.2 Å². The maximum absolute atomic E-state index is 9.86. The van der Waals surface area contributed by atoms with E-state index in [4.69, 9.17) is 9.97 Å². The second-order valence-electron chi connectivity index (χ2n) is 9.38. The Morgan fingerprint density at radius 3 is 2.76 bits per heavy atom. The van der Waals surface area contributed by atoms with Gasteiger partial charge in [0.2, 0.25) is 5.95 Å². The fraction of sp³-hybridized carbons (Fsp3) is 0.308. The third-order valence-electron chi connectivity index (χ3n) is 7.21. The Morgan fingerprint density at radius 1 is 1.09 bits per heavy atom. The monoisotopic (exact) mass is 453 g/mol. The zero-order valence-electron chi connectivity index (χ0n) is 19.3. The molecule has 0 bridgehead atoms. The van der Waals surface area contributed by atoms with Gasteiger partial charge in [-0.25, -0.2) is 4.98 Å². The van der Waals surface area contributed by atoms with Crippen molar-refractivity contribution in [3.05, 3.63) is 77.1 Å². The van der Waals surface area contributed by atoms with Crippen LogP contribution in [0.2, 0.25) is 0 Å².